The van der Waals surface area contributed by atoms with Gasteiger partial charge in [-0.2, -0.15) is 0 Å². The largest absolute Gasteiger partial charge is 0.381 e. The number of halogens is 1. The minimum absolute atomic E-state index is 0.0935. The van der Waals surface area contributed by atoms with Crippen molar-refractivity contribution in [3.05, 3.63) is 28.8 Å². The van der Waals surface area contributed by atoms with Gasteiger partial charge in [0.25, 0.3) is 0 Å². The van der Waals surface area contributed by atoms with E-state index in [0.29, 0.717) is 32.6 Å². The van der Waals surface area contributed by atoms with Gasteiger partial charge in [-0.15, -0.1) is 0 Å². The average molecular weight is 305 g/mol. The lowest BCUT2D eigenvalue weighted by Crippen LogP contribution is -2.38. The van der Waals surface area contributed by atoms with Gasteiger partial charge < -0.3 is 10.5 Å². The van der Waals surface area contributed by atoms with Crippen LogP contribution in [0, 0.1) is 0 Å². The molecular formula is C12H17ClN2O3S. The number of nitrogens with two attached hydrogens (primary N) is 1. The number of rotatable bonds is 4. The van der Waals surface area contributed by atoms with Gasteiger partial charge in [0.05, 0.1) is 5.02 Å². The molecule has 0 unspecified atom stereocenters. The van der Waals surface area contributed by atoms with E-state index in [2.05, 4.69) is 4.72 Å². The second-order valence-electron chi connectivity index (χ2n) is 4.48. The highest BCUT2D eigenvalue weighted by molar-refractivity contribution is 7.89. The fraction of sp³-hybridized carbons (Fsp3) is 0.500. The monoisotopic (exact) mass is 304 g/mol. The van der Waals surface area contributed by atoms with E-state index in [-0.39, 0.29) is 16.0 Å². The topological polar surface area (TPSA) is 81.4 Å². The van der Waals surface area contributed by atoms with Gasteiger partial charge in [0, 0.05) is 25.8 Å². The van der Waals surface area contributed by atoms with Gasteiger partial charge in [-0.1, -0.05) is 17.7 Å². The maximum atomic E-state index is 12.3. The number of hydrogen-bond acceptors (Lipinski definition) is 4. The van der Waals surface area contributed by atoms with Crippen LogP contribution in [0.1, 0.15) is 18.4 Å². The molecule has 3 N–H and O–H groups in total. The van der Waals surface area contributed by atoms with Gasteiger partial charge in [0.15, 0.2) is 0 Å². The van der Waals surface area contributed by atoms with Crippen molar-refractivity contribution in [3.63, 3.8) is 0 Å². The van der Waals surface area contributed by atoms with Crippen LogP contribution in [0.25, 0.3) is 0 Å². The van der Waals surface area contributed by atoms with Crippen molar-refractivity contribution in [1.29, 1.82) is 0 Å². The normalized spacial score (nSPS) is 17.6. The zero-order valence-electron chi connectivity index (χ0n) is 10.4. The molecule has 1 fully saturated rings. The average Bonchev–Trinajstić information content (AvgIpc) is 2.38. The summed E-state index contributed by atoms with van der Waals surface area (Å²) >= 11 is 6.01. The Bertz CT molecular complexity index is 542. The third-order valence-electron chi connectivity index (χ3n) is 3.06. The molecule has 0 amide bonds. The summed E-state index contributed by atoms with van der Waals surface area (Å²) in [4.78, 5) is 0.0952. The maximum absolute atomic E-state index is 12.3. The highest BCUT2D eigenvalue weighted by atomic mass is 35.5. The first kappa shape index (κ1) is 14.7. The van der Waals surface area contributed by atoms with Crippen molar-refractivity contribution in [2.24, 2.45) is 5.73 Å². The number of benzene rings is 1. The second kappa shape index (κ2) is 6.19. The fourth-order valence-electron chi connectivity index (χ4n) is 1.99. The molecule has 19 heavy (non-hydrogen) atoms. The molecule has 1 aliphatic heterocycles. The Morgan fingerprint density at radius 2 is 2.05 bits per heavy atom. The summed E-state index contributed by atoms with van der Waals surface area (Å²) in [7, 11) is -3.59. The maximum Gasteiger partial charge on any atom is 0.242 e. The Morgan fingerprint density at radius 1 is 1.37 bits per heavy atom. The lowest BCUT2D eigenvalue weighted by atomic mass is 10.1. The smallest absolute Gasteiger partial charge is 0.242 e. The van der Waals surface area contributed by atoms with Gasteiger partial charge in [-0.25, -0.2) is 13.1 Å². The predicted octanol–water partition coefficient (Wildman–Crippen LogP) is 1.26. The lowest BCUT2D eigenvalue weighted by Gasteiger charge is -2.23. The van der Waals surface area contributed by atoms with E-state index in [0.717, 1.165) is 5.56 Å². The molecule has 1 aliphatic rings. The highest BCUT2D eigenvalue weighted by Gasteiger charge is 2.24. The number of ether oxygens (including phenoxy) is 1. The molecule has 5 nitrogen and oxygen atoms in total. The minimum atomic E-state index is -3.59. The molecule has 2 rings (SSSR count). The summed E-state index contributed by atoms with van der Waals surface area (Å²) in [6.07, 6.45) is 1.36. The third-order valence-corrected chi connectivity index (χ3v) is 5.07. The number of nitrogens with one attached hydrogen (secondary N) is 1. The van der Waals surface area contributed by atoms with Crippen molar-refractivity contribution in [1.82, 2.24) is 4.72 Å². The molecule has 1 aromatic rings. The molecule has 0 aromatic heterocycles. The predicted molar refractivity (Wildman–Crippen MR) is 73.5 cm³/mol. The molecule has 1 heterocycles. The zero-order valence-corrected chi connectivity index (χ0v) is 12.0. The van der Waals surface area contributed by atoms with Crippen molar-refractivity contribution in [2.75, 3.05) is 13.2 Å². The van der Waals surface area contributed by atoms with E-state index >= 15 is 0 Å². The molecular weight excluding hydrogens is 288 g/mol. The van der Waals surface area contributed by atoms with E-state index < -0.39 is 10.0 Å². The van der Waals surface area contributed by atoms with Crippen LogP contribution in [-0.4, -0.2) is 27.7 Å². The lowest BCUT2D eigenvalue weighted by molar-refractivity contribution is 0.0832. The molecule has 0 saturated carbocycles. The van der Waals surface area contributed by atoms with Gasteiger partial charge in [0.2, 0.25) is 10.0 Å². The fourth-order valence-corrected chi connectivity index (χ4v) is 3.86. The van der Waals surface area contributed by atoms with Crippen LogP contribution in [0.4, 0.5) is 0 Å². The van der Waals surface area contributed by atoms with Crippen molar-refractivity contribution in [2.45, 2.75) is 30.3 Å². The summed E-state index contributed by atoms with van der Waals surface area (Å²) in [6.45, 7) is 1.48. The quantitative estimate of drug-likeness (QED) is 0.877. The van der Waals surface area contributed by atoms with Gasteiger partial charge in [0.1, 0.15) is 4.90 Å². The molecule has 0 bridgehead atoms. The van der Waals surface area contributed by atoms with E-state index in [9.17, 15) is 8.42 Å². The van der Waals surface area contributed by atoms with Crippen LogP contribution >= 0.6 is 11.6 Å². The van der Waals surface area contributed by atoms with Gasteiger partial charge in [-0.05, 0) is 30.5 Å². The molecule has 7 heteroatoms. The van der Waals surface area contributed by atoms with Crippen LogP contribution < -0.4 is 10.5 Å². The zero-order chi connectivity index (χ0) is 13.9. The van der Waals surface area contributed by atoms with E-state index in [1.807, 2.05) is 0 Å². The SMILES string of the molecule is NCc1ccc(S(=O)(=O)NC2CCOCC2)c(Cl)c1. The van der Waals surface area contributed by atoms with Crippen LogP contribution in [0.3, 0.4) is 0 Å². The van der Waals surface area contributed by atoms with E-state index in [1.54, 1.807) is 12.1 Å². The van der Waals surface area contributed by atoms with Crippen LogP contribution in [0.2, 0.25) is 5.02 Å². The summed E-state index contributed by atoms with van der Waals surface area (Å²) in [5.74, 6) is 0. The van der Waals surface area contributed by atoms with E-state index in [1.165, 1.54) is 6.07 Å². The summed E-state index contributed by atoms with van der Waals surface area (Å²) < 4.78 is 32.4. The summed E-state index contributed by atoms with van der Waals surface area (Å²) in [5, 5.41) is 0.197. The van der Waals surface area contributed by atoms with Crippen LogP contribution in [-0.2, 0) is 21.3 Å². The Hall–Kier alpha value is -0.660. The highest BCUT2D eigenvalue weighted by Crippen LogP contribution is 2.23. The van der Waals surface area contributed by atoms with Gasteiger partial charge >= 0.3 is 0 Å². The number of sulfonamides is 1. The Morgan fingerprint density at radius 3 is 2.63 bits per heavy atom. The van der Waals surface area contributed by atoms with E-state index in [4.69, 9.17) is 22.1 Å². The van der Waals surface area contributed by atoms with Gasteiger partial charge in [-0.3, -0.25) is 0 Å². The minimum Gasteiger partial charge on any atom is -0.381 e. The molecule has 0 radical (unpaired) electrons. The Kier molecular flexibility index (Phi) is 4.81. The van der Waals surface area contributed by atoms with Crippen molar-refractivity contribution < 1.29 is 13.2 Å². The Labute approximate surface area is 118 Å². The first-order valence-electron chi connectivity index (χ1n) is 6.11. The summed E-state index contributed by atoms with van der Waals surface area (Å²) in [6, 6.07) is 4.65. The molecule has 0 atom stereocenters. The third kappa shape index (κ3) is 3.67. The molecule has 106 valence electrons. The molecule has 0 aliphatic carbocycles. The van der Waals surface area contributed by atoms with Crippen LogP contribution in [0.5, 0.6) is 0 Å². The van der Waals surface area contributed by atoms with Crippen molar-refractivity contribution >= 4 is 21.6 Å². The first-order chi connectivity index (χ1) is 9.03. The molecule has 1 aromatic carbocycles. The summed E-state index contributed by atoms with van der Waals surface area (Å²) in [5.41, 5.74) is 6.29. The molecule has 0 spiro atoms. The second-order valence-corrected chi connectivity index (χ2v) is 6.57. The van der Waals surface area contributed by atoms with Crippen molar-refractivity contribution in [3.8, 4) is 0 Å². The number of hydrogen-bond donors (Lipinski definition) is 2. The van der Waals surface area contributed by atoms with Crippen LogP contribution in [0.15, 0.2) is 23.1 Å². The molecule has 1 saturated heterocycles. The Balaban J connectivity index is 2.18. The standard InChI is InChI=1S/C12H17ClN2O3S/c13-11-7-9(8-14)1-2-12(11)19(16,17)15-10-3-5-18-6-4-10/h1-2,7,10,15H,3-6,8,14H2. The first-order valence-corrected chi connectivity index (χ1v) is 7.97.